The van der Waals surface area contributed by atoms with E-state index in [-0.39, 0.29) is 5.91 Å². The van der Waals surface area contributed by atoms with E-state index in [2.05, 4.69) is 52.7 Å². The molecule has 4 nitrogen and oxygen atoms in total. The Bertz CT molecular complexity index is 1040. The van der Waals surface area contributed by atoms with Gasteiger partial charge < -0.3 is 15.0 Å². The summed E-state index contributed by atoms with van der Waals surface area (Å²) in [5.41, 5.74) is 2.19. The van der Waals surface area contributed by atoms with Gasteiger partial charge in [0.15, 0.2) is 0 Å². The van der Waals surface area contributed by atoms with Crippen molar-refractivity contribution in [2.75, 3.05) is 33.3 Å². The smallest absolute Gasteiger partial charge is 0.251 e. The van der Waals surface area contributed by atoms with E-state index in [9.17, 15) is 4.79 Å². The minimum absolute atomic E-state index is 0.0200. The first-order valence-corrected chi connectivity index (χ1v) is 10.8. The first kappa shape index (κ1) is 19.1. The Kier molecular flexibility index (Phi) is 5.17. The number of rotatable bonds is 6. The van der Waals surface area contributed by atoms with Gasteiger partial charge in [0.2, 0.25) is 0 Å². The van der Waals surface area contributed by atoms with E-state index >= 15 is 0 Å². The number of likely N-dealkylation sites (tertiary alicyclic amines) is 1. The standard InChI is InChI=1S/C26H28N2O2/c1-30-21-11-9-19(10-12-21)26(29)27-13-14-28-16-20-15-24(25(20)17-28)23-8-4-6-18-5-2-3-7-22(18)23/h2-12,20,24-25H,13-17H2,1H3,(H,27,29). The van der Waals surface area contributed by atoms with E-state index in [1.54, 1.807) is 19.2 Å². The summed E-state index contributed by atoms with van der Waals surface area (Å²) in [5, 5.41) is 5.81. The van der Waals surface area contributed by atoms with Gasteiger partial charge in [-0.05, 0) is 64.8 Å². The molecule has 1 aliphatic heterocycles. The molecule has 0 bridgehead atoms. The molecule has 154 valence electrons. The van der Waals surface area contributed by atoms with Crippen LogP contribution in [0, 0.1) is 11.8 Å². The van der Waals surface area contributed by atoms with Gasteiger partial charge in [0.1, 0.15) is 5.75 Å². The number of amides is 1. The Morgan fingerprint density at radius 2 is 1.83 bits per heavy atom. The number of benzene rings is 3. The van der Waals surface area contributed by atoms with Crippen molar-refractivity contribution < 1.29 is 9.53 Å². The number of carbonyl (C=O) groups is 1. The second-order valence-electron chi connectivity index (χ2n) is 8.58. The Hall–Kier alpha value is -2.85. The molecule has 2 fully saturated rings. The van der Waals surface area contributed by atoms with Crippen LogP contribution in [0.5, 0.6) is 5.75 Å². The third kappa shape index (κ3) is 3.56. The number of hydrogen-bond donors (Lipinski definition) is 1. The van der Waals surface area contributed by atoms with E-state index in [0.29, 0.717) is 18.0 Å². The Morgan fingerprint density at radius 3 is 2.67 bits per heavy atom. The molecule has 0 radical (unpaired) electrons. The average molecular weight is 401 g/mol. The number of nitrogens with one attached hydrogen (secondary N) is 1. The molecular weight excluding hydrogens is 372 g/mol. The molecule has 4 heteroatoms. The number of fused-ring (bicyclic) bond motifs is 2. The van der Waals surface area contributed by atoms with E-state index in [4.69, 9.17) is 4.74 Å². The van der Waals surface area contributed by atoms with Crippen molar-refractivity contribution in [3.05, 3.63) is 77.9 Å². The molecule has 5 rings (SSSR count). The zero-order chi connectivity index (χ0) is 20.5. The molecule has 0 aromatic heterocycles. The van der Waals surface area contributed by atoms with Crippen molar-refractivity contribution in [2.24, 2.45) is 11.8 Å². The van der Waals surface area contributed by atoms with Crippen LogP contribution in [-0.2, 0) is 0 Å². The van der Waals surface area contributed by atoms with Crippen LogP contribution >= 0.6 is 0 Å². The van der Waals surface area contributed by atoms with Crippen LogP contribution in [0.3, 0.4) is 0 Å². The first-order valence-electron chi connectivity index (χ1n) is 10.8. The molecule has 1 saturated heterocycles. The Balaban J connectivity index is 1.15. The SMILES string of the molecule is COc1ccc(C(=O)NCCN2CC3CC(c4cccc5ccccc45)C3C2)cc1. The normalized spacial score (nSPS) is 23.0. The molecule has 1 aliphatic carbocycles. The average Bonchev–Trinajstić information content (AvgIpc) is 3.10. The highest BCUT2D eigenvalue weighted by Gasteiger charge is 2.47. The second kappa shape index (κ2) is 8.11. The van der Waals surface area contributed by atoms with Crippen molar-refractivity contribution in [1.82, 2.24) is 10.2 Å². The molecule has 1 heterocycles. The lowest BCUT2D eigenvalue weighted by Crippen LogP contribution is -2.34. The summed E-state index contributed by atoms with van der Waals surface area (Å²) in [6, 6.07) is 22.7. The van der Waals surface area contributed by atoms with Gasteiger partial charge in [0.25, 0.3) is 5.91 Å². The fourth-order valence-corrected chi connectivity index (χ4v) is 5.28. The zero-order valence-corrected chi connectivity index (χ0v) is 17.4. The van der Waals surface area contributed by atoms with E-state index in [0.717, 1.165) is 37.2 Å². The highest BCUT2D eigenvalue weighted by molar-refractivity contribution is 5.94. The lowest BCUT2D eigenvalue weighted by atomic mass is 9.63. The predicted molar refractivity (Wildman–Crippen MR) is 120 cm³/mol. The maximum Gasteiger partial charge on any atom is 0.251 e. The minimum Gasteiger partial charge on any atom is -0.497 e. The Labute approximate surface area is 177 Å². The summed E-state index contributed by atoms with van der Waals surface area (Å²) < 4.78 is 5.15. The lowest BCUT2D eigenvalue weighted by molar-refractivity contribution is 0.0949. The fourth-order valence-electron chi connectivity index (χ4n) is 5.28. The molecule has 3 atom stereocenters. The van der Waals surface area contributed by atoms with Gasteiger partial charge in [-0.1, -0.05) is 42.5 Å². The molecule has 2 aliphatic rings. The van der Waals surface area contributed by atoms with Gasteiger partial charge in [0, 0.05) is 31.7 Å². The maximum atomic E-state index is 12.4. The number of hydrogen-bond acceptors (Lipinski definition) is 3. The highest BCUT2D eigenvalue weighted by atomic mass is 16.5. The third-order valence-electron chi connectivity index (χ3n) is 6.93. The first-order chi connectivity index (χ1) is 14.7. The van der Waals surface area contributed by atoms with Crippen LogP contribution in [0.2, 0.25) is 0 Å². The van der Waals surface area contributed by atoms with Gasteiger partial charge >= 0.3 is 0 Å². The molecule has 1 amide bonds. The number of carbonyl (C=O) groups excluding carboxylic acids is 1. The van der Waals surface area contributed by atoms with Gasteiger partial charge in [-0.15, -0.1) is 0 Å². The quantitative estimate of drug-likeness (QED) is 0.670. The number of methoxy groups -OCH3 is 1. The fraction of sp³-hybridized carbons (Fsp3) is 0.346. The molecule has 1 saturated carbocycles. The molecule has 1 N–H and O–H groups in total. The Morgan fingerprint density at radius 1 is 1.03 bits per heavy atom. The molecule has 0 spiro atoms. The summed E-state index contributed by atoms with van der Waals surface area (Å²) in [6.07, 6.45) is 1.29. The van der Waals surface area contributed by atoms with Gasteiger partial charge in [-0.2, -0.15) is 0 Å². The topological polar surface area (TPSA) is 41.6 Å². The van der Waals surface area contributed by atoms with E-state index in [1.807, 2.05) is 12.1 Å². The molecular formula is C26H28N2O2. The van der Waals surface area contributed by atoms with Crippen LogP contribution in [0.1, 0.15) is 28.3 Å². The highest BCUT2D eigenvalue weighted by Crippen LogP contribution is 2.52. The third-order valence-corrected chi connectivity index (χ3v) is 6.93. The largest absolute Gasteiger partial charge is 0.497 e. The molecule has 3 aromatic rings. The van der Waals surface area contributed by atoms with Crippen molar-refractivity contribution >= 4 is 16.7 Å². The van der Waals surface area contributed by atoms with Crippen LogP contribution in [0.4, 0.5) is 0 Å². The van der Waals surface area contributed by atoms with Crippen molar-refractivity contribution in [2.45, 2.75) is 12.3 Å². The van der Waals surface area contributed by atoms with Crippen molar-refractivity contribution in [1.29, 1.82) is 0 Å². The second-order valence-corrected chi connectivity index (χ2v) is 8.58. The number of ether oxygens (including phenoxy) is 1. The van der Waals surface area contributed by atoms with Gasteiger partial charge in [0.05, 0.1) is 7.11 Å². The molecule has 3 aromatic carbocycles. The monoisotopic (exact) mass is 400 g/mol. The van der Waals surface area contributed by atoms with Crippen molar-refractivity contribution in [3.63, 3.8) is 0 Å². The summed E-state index contributed by atoms with van der Waals surface area (Å²) in [5.74, 6) is 2.95. The predicted octanol–water partition coefficient (Wildman–Crippen LogP) is 4.31. The van der Waals surface area contributed by atoms with E-state index in [1.165, 1.54) is 22.8 Å². The number of nitrogens with zero attached hydrogens (tertiary/aromatic N) is 1. The van der Waals surface area contributed by atoms with E-state index < -0.39 is 0 Å². The maximum absolute atomic E-state index is 12.4. The molecule has 30 heavy (non-hydrogen) atoms. The van der Waals surface area contributed by atoms with Crippen molar-refractivity contribution in [3.8, 4) is 5.75 Å². The van der Waals surface area contributed by atoms with Crippen LogP contribution in [0.15, 0.2) is 66.7 Å². The lowest BCUT2D eigenvalue weighted by Gasteiger charge is -2.40. The van der Waals surface area contributed by atoms with Crippen LogP contribution < -0.4 is 10.1 Å². The minimum atomic E-state index is -0.0200. The summed E-state index contributed by atoms with van der Waals surface area (Å²) >= 11 is 0. The zero-order valence-electron chi connectivity index (χ0n) is 17.4. The van der Waals surface area contributed by atoms with Gasteiger partial charge in [-0.3, -0.25) is 4.79 Å². The summed E-state index contributed by atoms with van der Waals surface area (Å²) in [4.78, 5) is 14.9. The van der Waals surface area contributed by atoms with Gasteiger partial charge in [-0.25, -0.2) is 0 Å². The van der Waals surface area contributed by atoms with Crippen LogP contribution in [-0.4, -0.2) is 44.1 Å². The summed E-state index contributed by atoms with van der Waals surface area (Å²) in [6.45, 7) is 3.89. The summed E-state index contributed by atoms with van der Waals surface area (Å²) in [7, 11) is 1.63. The molecule has 3 unspecified atom stereocenters. The van der Waals surface area contributed by atoms with Crippen LogP contribution in [0.25, 0.3) is 10.8 Å².